The maximum absolute atomic E-state index is 12.3. The monoisotopic (exact) mass is 417 g/mol. The largest absolute Gasteiger partial charge is 0.415 e. The van der Waals surface area contributed by atoms with Gasteiger partial charge in [0.25, 0.3) is 11.6 Å². The molecule has 2 amide bonds. The number of carbonyl (C=O) groups excluding carboxylic acids is 2. The molecule has 29 heavy (non-hydrogen) atoms. The second kappa shape index (κ2) is 9.38. The summed E-state index contributed by atoms with van der Waals surface area (Å²) in [7, 11) is 0. The summed E-state index contributed by atoms with van der Waals surface area (Å²) >= 11 is 5.82. The molecule has 0 atom stereocenters. The fourth-order valence-corrected chi connectivity index (χ4v) is 3.19. The number of nitro benzene ring substituents is 1. The SMILES string of the molecule is O=C(NCC1CCN(C(=O)Oc2ccc([N+](=O)[O-])cc2)CC1)c1ccc(Cl)cc1. The van der Waals surface area contributed by atoms with Gasteiger partial charge in [0.15, 0.2) is 0 Å². The molecule has 1 fully saturated rings. The lowest BCUT2D eigenvalue weighted by molar-refractivity contribution is -0.384. The Labute approximate surface area is 172 Å². The highest BCUT2D eigenvalue weighted by Gasteiger charge is 2.24. The molecule has 2 aromatic rings. The van der Waals surface area contributed by atoms with Crippen LogP contribution in [0.4, 0.5) is 10.5 Å². The minimum absolute atomic E-state index is 0.0636. The van der Waals surface area contributed by atoms with Gasteiger partial charge >= 0.3 is 6.09 Å². The predicted octanol–water partition coefficient (Wildman–Crippen LogP) is 3.89. The molecule has 3 rings (SSSR count). The number of non-ortho nitro benzene ring substituents is 1. The summed E-state index contributed by atoms with van der Waals surface area (Å²) in [5.74, 6) is 0.384. The summed E-state index contributed by atoms with van der Waals surface area (Å²) in [4.78, 5) is 36.2. The van der Waals surface area contributed by atoms with Crippen molar-refractivity contribution in [2.75, 3.05) is 19.6 Å². The number of halogens is 1. The van der Waals surface area contributed by atoms with Crippen LogP contribution in [0, 0.1) is 16.0 Å². The van der Waals surface area contributed by atoms with Crippen molar-refractivity contribution in [2.45, 2.75) is 12.8 Å². The van der Waals surface area contributed by atoms with Crippen LogP contribution >= 0.6 is 11.6 Å². The lowest BCUT2D eigenvalue weighted by Crippen LogP contribution is -2.42. The molecule has 1 aliphatic heterocycles. The summed E-state index contributed by atoms with van der Waals surface area (Å²) in [5.41, 5.74) is 0.491. The zero-order valence-electron chi connectivity index (χ0n) is 15.5. The number of rotatable bonds is 5. The van der Waals surface area contributed by atoms with Crippen molar-refractivity contribution >= 4 is 29.3 Å². The summed E-state index contributed by atoms with van der Waals surface area (Å²) < 4.78 is 5.27. The molecule has 1 aliphatic rings. The Morgan fingerprint density at radius 2 is 1.72 bits per heavy atom. The van der Waals surface area contributed by atoms with Crippen LogP contribution in [0.1, 0.15) is 23.2 Å². The van der Waals surface area contributed by atoms with E-state index < -0.39 is 11.0 Å². The number of hydrogen-bond acceptors (Lipinski definition) is 5. The normalized spacial score (nSPS) is 14.3. The van der Waals surface area contributed by atoms with Crippen molar-refractivity contribution < 1.29 is 19.2 Å². The number of nitro groups is 1. The first-order valence-electron chi connectivity index (χ1n) is 9.17. The number of hydrogen-bond donors (Lipinski definition) is 1. The Hall–Kier alpha value is -3.13. The Balaban J connectivity index is 1.42. The number of piperidine rings is 1. The molecular formula is C20H20ClN3O5. The van der Waals surface area contributed by atoms with E-state index in [1.54, 1.807) is 29.2 Å². The number of carbonyl (C=O) groups is 2. The number of nitrogens with one attached hydrogen (secondary N) is 1. The first-order valence-corrected chi connectivity index (χ1v) is 9.55. The molecule has 0 radical (unpaired) electrons. The quantitative estimate of drug-likeness (QED) is 0.587. The third kappa shape index (κ3) is 5.68. The van der Waals surface area contributed by atoms with Crippen LogP contribution in [-0.4, -0.2) is 41.5 Å². The van der Waals surface area contributed by atoms with Crippen molar-refractivity contribution in [1.29, 1.82) is 0 Å². The second-order valence-corrected chi connectivity index (χ2v) is 7.20. The number of amides is 2. The Kier molecular flexibility index (Phi) is 6.66. The summed E-state index contributed by atoms with van der Waals surface area (Å²) in [6.07, 6.45) is 1.01. The van der Waals surface area contributed by atoms with E-state index in [-0.39, 0.29) is 23.3 Å². The predicted molar refractivity (Wildman–Crippen MR) is 107 cm³/mol. The van der Waals surface area contributed by atoms with Crippen molar-refractivity contribution in [3.8, 4) is 5.75 Å². The zero-order valence-corrected chi connectivity index (χ0v) is 16.3. The first kappa shape index (κ1) is 20.6. The molecular weight excluding hydrogens is 398 g/mol. The molecule has 0 bridgehead atoms. The molecule has 0 saturated carbocycles. The smallest absolute Gasteiger partial charge is 0.410 e. The lowest BCUT2D eigenvalue weighted by Gasteiger charge is -2.31. The van der Waals surface area contributed by atoms with Gasteiger partial charge in [-0.2, -0.15) is 0 Å². The van der Waals surface area contributed by atoms with Gasteiger partial charge in [-0.1, -0.05) is 11.6 Å². The van der Waals surface area contributed by atoms with E-state index in [1.165, 1.54) is 24.3 Å². The molecule has 9 heteroatoms. The Bertz CT molecular complexity index is 878. The van der Waals surface area contributed by atoms with Crippen LogP contribution in [0.3, 0.4) is 0 Å². The maximum atomic E-state index is 12.3. The van der Waals surface area contributed by atoms with E-state index in [9.17, 15) is 19.7 Å². The van der Waals surface area contributed by atoms with Crippen molar-refractivity contribution in [3.05, 3.63) is 69.2 Å². The van der Waals surface area contributed by atoms with E-state index >= 15 is 0 Å². The minimum atomic E-state index is -0.512. The molecule has 0 aromatic heterocycles. The van der Waals surface area contributed by atoms with Gasteiger partial charge in [0.2, 0.25) is 0 Å². The highest BCUT2D eigenvalue weighted by atomic mass is 35.5. The maximum Gasteiger partial charge on any atom is 0.415 e. The van der Waals surface area contributed by atoms with E-state index in [1.807, 2.05) is 0 Å². The zero-order chi connectivity index (χ0) is 20.8. The third-order valence-electron chi connectivity index (χ3n) is 4.78. The molecule has 1 N–H and O–H groups in total. The van der Waals surface area contributed by atoms with Gasteiger partial charge in [-0.3, -0.25) is 14.9 Å². The van der Waals surface area contributed by atoms with E-state index in [4.69, 9.17) is 16.3 Å². The fraction of sp³-hybridized carbons (Fsp3) is 0.300. The van der Waals surface area contributed by atoms with Crippen molar-refractivity contribution in [3.63, 3.8) is 0 Å². The summed E-state index contributed by atoms with van der Waals surface area (Å²) in [6.45, 7) is 1.58. The standard InChI is InChI=1S/C20H20ClN3O5/c21-16-3-1-15(2-4-16)19(25)22-13-14-9-11-23(12-10-14)20(26)29-18-7-5-17(6-8-18)24(27)28/h1-8,14H,9-13H2,(H,22,25). The minimum Gasteiger partial charge on any atom is -0.410 e. The molecule has 1 saturated heterocycles. The number of nitrogens with zero attached hydrogens (tertiary/aromatic N) is 2. The molecule has 8 nitrogen and oxygen atoms in total. The topological polar surface area (TPSA) is 102 Å². The average Bonchev–Trinajstić information content (AvgIpc) is 2.73. The summed E-state index contributed by atoms with van der Waals surface area (Å²) in [5, 5.41) is 14.2. The number of ether oxygens (including phenoxy) is 1. The van der Waals surface area contributed by atoms with E-state index in [0.29, 0.717) is 30.2 Å². The van der Waals surface area contributed by atoms with Gasteiger partial charge in [0.05, 0.1) is 4.92 Å². The van der Waals surface area contributed by atoms with Gasteiger partial charge in [-0.25, -0.2) is 4.79 Å². The molecule has 152 valence electrons. The van der Waals surface area contributed by atoms with Crippen LogP contribution in [0.5, 0.6) is 5.75 Å². The van der Waals surface area contributed by atoms with E-state index in [2.05, 4.69) is 5.32 Å². The third-order valence-corrected chi connectivity index (χ3v) is 5.04. The van der Waals surface area contributed by atoms with Crippen molar-refractivity contribution in [1.82, 2.24) is 10.2 Å². The highest BCUT2D eigenvalue weighted by molar-refractivity contribution is 6.30. The van der Waals surface area contributed by atoms with E-state index in [0.717, 1.165) is 12.8 Å². The number of benzene rings is 2. The molecule has 0 aliphatic carbocycles. The van der Waals surface area contributed by atoms with Gasteiger partial charge in [0.1, 0.15) is 5.75 Å². The van der Waals surface area contributed by atoms with Gasteiger partial charge < -0.3 is 15.0 Å². The molecule has 0 unspecified atom stereocenters. The first-order chi connectivity index (χ1) is 13.9. The molecule has 2 aromatic carbocycles. The average molecular weight is 418 g/mol. The van der Waals surface area contributed by atoms with Gasteiger partial charge in [-0.05, 0) is 55.2 Å². The van der Waals surface area contributed by atoms with Gasteiger partial charge in [0, 0.05) is 42.4 Å². The van der Waals surface area contributed by atoms with Crippen LogP contribution in [0.25, 0.3) is 0 Å². The van der Waals surface area contributed by atoms with Crippen LogP contribution in [0.15, 0.2) is 48.5 Å². The van der Waals surface area contributed by atoms with Crippen molar-refractivity contribution in [2.24, 2.45) is 5.92 Å². The molecule has 1 heterocycles. The highest BCUT2D eigenvalue weighted by Crippen LogP contribution is 2.21. The lowest BCUT2D eigenvalue weighted by atomic mass is 9.97. The van der Waals surface area contributed by atoms with Crippen LogP contribution < -0.4 is 10.1 Å². The Morgan fingerprint density at radius 1 is 1.10 bits per heavy atom. The van der Waals surface area contributed by atoms with Crippen LogP contribution in [-0.2, 0) is 0 Å². The Morgan fingerprint density at radius 3 is 2.31 bits per heavy atom. The number of likely N-dealkylation sites (tertiary alicyclic amines) is 1. The second-order valence-electron chi connectivity index (χ2n) is 6.77. The van der Waals surface area contributed by atoms with Crippen LogP contribution in [0.2, 0.25) is 5.02 Å². The van der Waals surface area contributed by atoms with Gasteiger partial charge in [-0.15, -0.1) is 0 Å². The fourth-order valence-electron chi connectivity index (χ4n) is 3.06. The summed E-state index contributed by atoms with van der Waals surface area (Å²) in [6, 6.07) is 12.1. The molecule has 0 spiro atoms.